The third-order valence-corrected chi connectivity index (χ3v) is 2.96. The lowest BCUT2D eigenvalue weighted by molar-refractivity contribution is 0.494. The molecule has 0 radical (unpaired) electrons. The van der Waals surface area contributed by atoms with Crippen molar-refractivity contribution in [3.8, 4) is 0 Å². The lowest BCUT2D eigenvalue weighted by atomic mass is 10.2. The summed E-state index contributed by atoms with van der Waals surface area (Å²) in [4.78, 5) is 3.92. The van der Waals surface area contributed by atoms with Crippen LogP contribution in [-0.2, 0) is 13.0 Å². The van der Waals surface area contributed by atoms with Gasteiger partial charge in [0.15, 0.2) is 5.82 Å². The number of imidazole rings is 1. The van der Waals surface area contributed by atoms with Gasteiger partial charge in [0.2, 0.25) is 5.95 Å². The first kappa shape index (κ1) is 11.7. The van der Waals surface area contributed by atoms with Crippen LogP contribution in [0.15, 0.2) is 34.9 Å². The number of hydrogen-bond donors (Lipinski definition) is 1. The van der Waals surface area contributed by atoms with E-state index in [1.165, 1.54) is 6.07 Å². The zero-order chi connectivity index (χ0) is 13.4. The first-order valence-electron chi connectivity index (χ1n) is 5.78. The summed E-state index contributed by atoms with van der Waals surface area (Å²) in [7, 11) is 0. The Morgan fingerprint density at radius 1 is 1.32 bits per heavy atom. The summed E-state index contributed by atoms with van der Waals surface area (Å²) in [6.45, 7) is 0.443. The van der Waals surface area contributed by atoms with E-state index in [1.807, 2.05) is 6.07 Å². The fourth-order valence-corrected chi connectivity index (χ4v) is 2.08. The van der Waals surface area contributed by atoms with Crippen LogP contribution in [-0.4, -0.2) is 9.55 Å². The maximum absolute atomic E-state index is 13.6. The second kappa shape index (κ2) is 4.38. The standard InChI is InChI=1S/C13H11F2N3O/c14-8-6-10(15)12-11(7-8)18(13(16)17-12)4-3-9-2-1-5-19-9/h1-2,5-7H,3-4H2,(H2,16,17). The van der Waals surface area contributed by atoms with Crippen LogP contribution in [0.4, 0.5) is 14.7 Å². The molecule has 3 aromatic rings. The van der Waals surface area contributed by atoms with Gasteiger partial charge < -0.3 is 14.7 Å². The average Bonchev–Trinajstić information content (AvgIpc) is 2.95. The van der Waals surface area contributed by atoms with Crippen molar-refractivity contribution in [2.24, 2.45) is 0 Å². The molecule has 3 rings (SSSR count). The maximum atomic E-state index is 13.6. The molecule has 0 atom stereocenters. The minimum absolute atomic E-state index is 0.0818. The topological polar surface area (TPSA) is 57.0 Å². The van der Waals surface area contributed by atoms with E-state index in [9.17, 15) is 8.78 Å². The van der Waals surface area contributed by atoms with E-state index in [0.29, 0.717) is 18.5 Å². The summed E-state index contributed by atoms with van der Waals surface area (Å²) in [6, 6.07) is 5.63. The van der Waals surface area contributed by atoms with Gasteiger partial charge in [-0.15, -0.1) is 0 Å². The number of nitrogens with two attached hydrogens (primary N) is 1. The van der Waals surface area contributed by atoms with Crippen LogP contribution in [0.3, 0.4) is 0 Å². The number of fused-ring (bicyclic) bond motifs is 1. The largest absolute Gasteiger partial charge is 0.469 e. The predicted molar refractivity (Wildman–Crippen MR) is 66.5 cm³/mol. The molecule has 6 heteroatoms. The fraction of sp³-hybridized carbons (Fsp3) is 0.154. The molecule has 0 bridgehead atoms. The summed E-state index contributed by atoms with van der Waals surface area (Å²) >= 11 is 0. The quantitative estimate of drug-likeness (QED) is 0.790. The molecule has 0 aliphatic carbocycles. The number of nitrogens with zero attached hydrogens (tertiary/aromatic N) is 2. The number of rotatable bonds is 3. The minimum Gasteiger partial charge on any atom is -0.469 e. The third kappa shape index (κ3) is 2.05. The highest BCUT2D eigenvalue weighted by Gasteiger charge is 2.14. The predicted octanol–water partition coefficient (Wildman–Crippen LogP) is 2.73. The Bertz CT molecular complexity index is 719. The first-order valence-corrected chi connectivity index (χ1v) is 5.78. The van der Waals surface area contributed by atoms with E-state index in [2.05, 4.69) is 4.98 Å². The monoisotopic (exact) mass is 263 g/mol. The van der Waals surface area contributed by atoms with Crippen molar-refractivity contribution in [2.45, 2.75) is 13.0 Å². The van der Waals surface area contributed by atoms with Gasteiger partial charge in [-0.1, -0.05) is 0 Å². The number of aromatic nitrogens is 2. The van der Waals surface area contributed by atoms with Gasteiger partial charge in [-0.05, 0) is 12.1 Å². The van der Waals surface area contributed by atoms with Gasteiger partial charge in [0.25, 0.3) is 0 Å². The van der Waals surface area contributed by atoms with Crippen molar-refractivity contribution < 1.29 is 13.2 Å². The number of furan rings is 1. The number of nitrogen functional groups attached to an aromatic ring is 1. The molecular weight excluding hydrogens is 252 g/mol. The van der Waals surface area contributed by atoms with Crippen LogP contribution in [0.2, 0.25) is 0 Å². The first-order chi connectivity index (χ1) is 9.15. The van der Waals surface area contributed by atoms with Crippen LogP contribution in [0, 0.1) is 11.6 Å². The molecule has 0 saturated heterocycles. The molecule has 2 heterocycles. The lowest BCUT2D eigenvalue weighted by Crippen LogP contribution is -2.05. The highest BCUT2D eigenvalue weighted by Crippen LogP contribution is 2.22. The number of anilines is 1. The Kier molecular flexibility index (Phi) is 2.70. The van der Waals surface area contributed by atoms with Crippen LogP contribution in [0.25, 0.3) is 11.0 Å². The Balaban J connectivity index is 2.00. The summed E-state index contributed by atoms with van der Waals surface area (Å²) in [5.74, 6) is -0.424. The van der Waals surface area contributed by atoms with Crippen molar-refractivity contribution in [1.29, 1.82) is 0 Å². The van der Waals surface area contributed by atoms with Gasteiger partial charge >= 0.3 is 0 Å². The molecule has 1 aromatic carbocycles. The Morgan fingerprint density at radius 3 is 2.89 bits per heavy atom. The van der Waals surface area contributed by atoms with Gasteiger partial charge in [0.05, 0.1) is 11.8 Å². The van der Waals surface area contributed by atoms with Crippen molar-refractivity contribution in [2.75, 3.05) is 5.73 Å². The SMILES string of the molecule is Nc1nc2c(F)cc(F)cc2n1CCc1ccco1. The van der Waals surface area contributed by atoms with E-state index in [-0.39, 0.29) is 11.5 Å². The molecule has 2 N–H and O–H groups in total. The second-order valence-electron chi connectivity index (χ2n) is 4.21. The van der Waals surface area contributed by atoms with Crippen LogP contribution in [0.5, 0.6) is 0 Å². The molecule has 0 amide bonds. The number of aryl methyl sites for hydroxylation is 2. The summed E-state index contributed by atoms with van der Waals surface area (Å²) in [5, 5.41) is 0. The van der Waals surface area contributed by atoms with Gasteiger partial charge in [0, 0.05) is 25.1 Å². The molecule has 0 unspecified atom stereocenters. The molecule has 0 aliphatic rings. The van der Waals surface area contributed by atoms with E-state index in [1.54, 1.807) is 16.9 Å². The summed E-state index contributed by atoms with van der Waals surface area (Å²) in [5.41, 5.74) is 6.17. The molecule has 0 aliphatic heterocycles. The molecule has 0 fully saturated rings. The Morgan fingerprint density at radius 2 is 2.16 bits per heavy atom. The number of hydrogen-bond acceptors (Lipinski definition) is 3. The number of halogens is 2. The Labute approximate surface area is 107 Å². The van der Waals surface area contributed by atoms with E-state index < -0.39 is 11.6 Å². The van der Waals surface area contributed by atoms with Gasteiger partial charge in [-0.3, -0.25) is 0 Å². The minimum atomic E-state index is -0.710. The maximum Gasteiger partial charge on any atom is 0.201 e. The molecule has 19 heavy (non-hydrogen) atoms. The fourth-order valence-electron chi connectivity index (χ4n) is 2.08. The van der Waals surface area contributed by atoms with E-state index in [4.69, 9.17) is 10.2 Å². The molecule has 0 spiro atoms. The van der Waals surface area contributed by atoms with Crippen molar-refractivity contribution in [3.05, 3.63) is 47.9 Å². The van der Waals surface area contributed by atoms with Gasteiger partial charge in [-0.2, -0.15) is 0 Å². The van der Waals surface area contributed by atoms with Crippen molar-refractivity contribution in [1.82, 2.24) is 9.55 Å². The number of benzene rings is 1. The van der Waals surface area contributed by atoms with Crippen LogP contribution in [0.1, 0.15) is 5.76 Å². The highest BCUT2D eigenvalue weighted by atomic mass is 19.1. The van der Waals surface area contributed by atoms with Crippen molar-refractivity contribution >= 4 is 17.0 Å². The zero-order valence-electron chi connectivity index (χ0n) is 9.94. The lowest BCUT2D eigenvalue weighted by Gasteiger charge is -2.05. The van der Waals surface area contributed by atoms with Gasteiger partial charge in [0.1, 0.15) is 17.1 Å². The summed E-state index contributed by atoms with van der Waals surface area (Å²) < 4.78 is 33.6. The van der Waals surface area contributed by atoms with Gasteiger partial charge in [-0.25, -0.2) is 13.8 Å². The third-order valence-electron chi connectivity index (χ3n) is 2.96. The Hall–Kier alpha value is -2.37. The van der Waals surface area contributed by atoms with Crippen molar-refractivity contribution in [3.63, 3.8) is 0 Å². The van der Waals surface area contributed by atoms with Crippen LogP contribution < -0.4 is 5.73 Å². The molecule has 2 aromatic heterocycles. The zero-order valence-corrected chi connectivity index (χ0v) is 9.94. The molecule has 98 valence electrons. The van der Waals surface area contributed by atoms with Crippen LogP contribution >= 0.6 is 0 Å². The smallest absolute Gasteiger partial charge is 0.201 e. The van der Waals surface area contributed by atoms with E-state index in [0.717, 1.165) is 11.8 Å². The molecular formula is C13H11F2N3O. The normalized spacial score (nSPS) is 11.3. The van der Waals surface area contributed by atoms with E-state index >= 15 is 0 Å². The summed E-state index contributed by atoms with van der Waals surface area (Å²) in [6.07, 6.45) is 2.14. The molecule has 0 saturated carbocycles. The second-order valence-corrected chi connectivity index (χ2v) is 4.21. The average molecular weight is 263 g/mol. The highest BCUT2D eigenvalue weighted by molar-refractivity contribution is 5.79. The molecule has 4 nitrogen and oxygen atoms in total.